The number of aromatic nitrogens is 2. The SMILES string of the molecule is COCC1(C)Cc2c(Oc3ccc(C(=O)N4CCC4)c(I)c3)cc(C(=O)Nc3ccn(C)n3)cc2O1. The Morgan fingerprint density at radius 2 is 2.03 bits per heavy atom. The average molecular weight is 602 g/mol. The second-order valence-corrected chi connectivity index (χ2v) is 10.5. The van der Waals surface area contributed by atoms with Gasteiger partial charge in [0.1, 0.15) is 22.8 Å². The summed E-state index contributed by atoms with van der Waals surface area (Å²) in [6, 6.07) is 10.6. The van der Waals surface area contributed by atoms with Crippen LogP contribution in [0.1, 0.15) is 39.6 Å². The van der Waals surface area contributed by atoms with Gasteiger partial charge in [-0.3, -0.25) is 14.3 Å². The molecule has 2 amide bonds. The van der Waals surface area contributed by atoms with Gasteiger partial charge in [0.05, 0.1) is 12.2 Å². The number of methoxy groups -OCH3 is 1. The fourth-order valence-corrected chi connectivity index (χ4v) is 5.11. The molecule has 36 heavy (non-hydrogen) atoms. The predicted octanol–water partition coefficient (Wildman–Crippen LogP) is 4.26. The van der Waals surface area contributed by atoms with E-state index in [9.17, 15) is 9.59 Å². The van der Waals surface area contributed by atoms with Crippen LogP contribution in [0.2, 0.25) is 0 Å². The summed E-state index contributed by atoms with van der Waals surface area (Å²) in [5.41, 5.74) is 1.33. The van der Waals surface area contributed by atoms with Crippen LogP contribution in [0.25, 0.3) is 0 Å². The smallest absolute Gasteiger partial charge is 0.257 e. The lowest BCUT2D eigenvalue weighted by atomic mass is 9.98. The van der Waals surface area contributed by atoms with Gasteiger partial charge in [-0.2, -0.15) is 5.10 Å². The first kappa shape index (κ1) is 24.6. The van der Waals surface area contributed by atoms with Crippen molar-refractivity contribution in [1.29, 1.82) is 0 Å². The van der Waals surface area contributed by atoms with Crippen LogP contribution < -0.4 is 14.8 Å². The van der Waals surface area contributed by atoms with Crippen LogP contribution in [0.5, 0.6) is 17.2 Å². The highest BCUT2D eigenvalue weighted by atomic mass is 127. The number of nitrogens with one attached hydrogen (secondary N) is 1. The Bertz CT molecular complexity index is 1340. The van der Waals surface area contributed by atoms with Gasteiger partial charge in [-0.15, -0.1) is 0 Å². The van der Waals surface area contributed by atoms with Crippen molar-refractivity contribution in [3.05, 3.63) is 62.9 Å². The van der Waals surface area contributed by atoms with E-state index in [0.717, 1.165) is 28.6 Å². The summed E-state index contributed by atoms with van der Waals surface area (Å²) < 4.78 is 20.3. The second-order valence-electron chi connectivity index (χ2n) is 9.33. The van der Waals surface area contributed by atoms with E-state index in [1.807, 2.05) is 17.9 Å². The van der Waals surface area contributed by atoms with E-state index in [-0.39, 0.29) is 11.8 Å². The molecular formula is C26H27IN4O5. The fraction of sp³-hybridized carbons (Fsp3) is 0.346. The van der Waals surface area contributed by atoms with Crippen molar-refractivity contribution in [1.82, 2.24) is 14.7 Å². The Balaban J connectivity index is 1.45. The quantitative estimate of drug-likeness (QED) is 0.407. The van der Waals surface area contributed by atoms with Crippen molar-refractivity contribution < 1.29 is 23.8 Å². The monoisotopic (exact) mass is 602 g/mol. The van der Waals surface area contributed by atoms with Crippen LogP contribution in [-0.2, 0) is 18.2 Å². The van der Waals surface area contributed by atoms with Crippen molar-refractivity contribution in [3.8, 4) is 17.2 Å². The number of carbonyl (C=O) groups excluding carboxylic acids is 2. The molecule has 10 heteroatoms. The zero-order chi connectivity index (χ0) is 25.4. The maximum atomic E-state index is 13.0. The summed E-state index contributed by atoms with van der Waals surface area (Å²) in [5.74, 6) is 1.84. The van der Waals surface area contributed by atoms with E-state index in [2.05, 4.69) is 33.0 Å². The molecule has 1 atom stereocenters. The Labute approximate surface area is 222 Å². The molecule has 188 valence electrons. The van der Waals surface area contributed by atoms with Crippen molar-refractivity contribution in [3.63, 3.8) is 0 Å². The zero-order valence-electron chi connectivity index (χ0n) is 20.3. The lowest BCUT2D eigenvalue weighted by Gasteiger charge is -2.31. The molecule has 2 aromatic carbocycles. The van der Waals surface area contributed by atoms with Gasteiger partial charge in [-0.1, -0.05) is 0 Å². The van der Waals surface area contributed by atoms with Crippen LogP contribution in [0.3, 0.4) is 0 Å². The summed E-state index contributed by atoms with van der Waals surface area (Å²) in [6.07, 6.45) is 3.36. The molecule has 0 bridgehead atoms. The Morgan fingerprint density at radius 3 is 2.67 bits per heavy atom. The number of likely N-dealkylation sites (tertiary alicyclic amines) is 1. The normalized spacial score (nSPS) is 18.3. The van der Waals surface area contributed by atoms with Crippen molar-refractivity contribution in [2.45, 2.75) is 25.4 Å². The van der Waals surface area contributed by atoms with Crippen LogP contribution >= 0.6 is 22.6 Å². The molecule has 9 nitrogen and oxygen atoms in total. The lowest BCUT2D eigenvalue weighted by Crippen LogP contribution is -2.42. The minimum Gasteiger partial charge on any atom is -0.484 e. The number of rotatable bonds is 7. The average Bonchev–Trinajstić information content (AvgIpc) is 3.34. The molecule has 2 aliphatic rings. The molecule has 5 rings (SSSR count). The number of fused-ring (bicyclic) bond motifs is 1. The molecular weight excluding hydrogens is 575 g/mol. The number of ether oxygens (including phenoxy) is 3. The summed E-state index contributed by atoms with van der Waals surface area (Å²) >= 11 is 2.16. The molecule has 1 saturated heterocycles. The van der Waals surface area contributed by atoms with E-state index < -0.39 is 5.60 Å². The van der Waals surface area contributed by atoms with Gasteiger partial charge in [0.15, 0.2) is 5.82 Å². The van der Waals surface area contributed by atoms with Crippen molar-refractivity contribution >= 4 is 40.2 Å². The predicted molar refractivity (Wildman–Crippen MR) is 142 cm³/mol. The summed E-state index contributed by atoms with van der Waals surface area (Å²) in [5, 5.41) is 7.02. The Hall–Kier alpha value is -3.12. The molecule has 1 aromatic heterocycles. The molecule has 0 radical (unpaired) electrons. The number of nitrogens with zero attached hydrogens (tertiary/aromatic N) is 3. The summed E-state index contributed by atoms with van der Waals surface area (Å²) in [6.45, 7) is 3.95. The summed E-state index contributed by atoms with van der Waals surface area (Å²) in [7, 11) is 3.41. The van der Waals surface area contributed by atoms with Crippen LogP contribution in [0.4, 0.5) is 5.82 Å². The zero-order valence-corrected chi connectivity index (χ0v) is 22.5. The molecule has 1 N–H and O–H groups in total. The number of hydrogen-bond donors (Lipinski definition) is 1. The number of anilines is 1. The first-order valence-electron chi connectivity index (χ1n) is 11.7. The third kappa shape index (κ3) is 4.92. The molecule has 3 aromatic rings. The van der Waals surface area contributed by atoms with E-state index >= 15 is 0 Å². The number of aryl methyl sites for hydroxylation is 1. The van der Waals surface area contributed by atoms with Gasteiger partial charge in [0.25, 0.3) is 11.8 Å². The number of benzene rings is 2. The number of amides is 2. The summed E-state index contributed by atoms with van der Waals surface area (Å²) in [4.78, 5) is 27.6. The van der Waals surface area contributed by atoms with E-state index in [0.29, 0.717) is 47.2 Å². The Kier molecular flexibility index (Phi) is 6.64. The van der Waals surface area contributed by atoms with Gasteiger partial charge >= 0.3 is 0 Å². The first-order valence-corrected chi connectivity index (χ1v) is 12.7. The van der Waals surface area contributed by atoms with E-state index in [1.165, 1.54) is 0 Å². The minimum atomic E-state index is -0.576. The van der Waals surface area contributed by atoms with Crippen molar-refractivity contribution in [2.75, 3.05) is 32.1 Å². The van der Waals surface area contributed by atoms with Gasteiger partial charge in [0.2, 0.25) is 0 Å². The first-order chi connectivity index (χ1) is 17.2. The highest BCUT2D eigenvalue weighted by Gasteiger charge is 2.38. The molecule has 0 saturated carbocycles. The van der Waals surface area contributed by atoms with E-state index in [4.69, 9.17) is 14.2 Å². The highest BCUT2D eigenvalue weighted by Crippen LogP contribution is 2.43. The molecule has 0 aliphatic carbocycles. The fourth-order valence-electron chi connectivity index (χ4n) is 4.39. The standard InChI is InChI=1S/C26H27IN4O5/c1-26(15-34-3)14-19-21(35-17-5-6-18(20(27)13-17)25(33)31-8-4-9-31)11-16(12-22(19)36-26)24(32)28-23-7-10-30(2)29-23/h5-7,10-13H,4,8-9,14-15H2,1-3H3,(H,28,29,32). The van der Waals surface area contributed by atoms with Gasteiger partial charge in [0, 0.05) is 60.6 Å². The molecule has 1 unspecified atom stereocenters. The minimum absolute atomic E-state index is 0.0370. The third-order valence-corrected chi connectivity index (χ3v) is 7.18. The topological polar surface area (TPSA) is 94.9 Å². The maximum Gasteiger partial charge on any atom is 0.257 e. The largest absolute Gasteiger partial charge is 0.484 e. The van der Waals surface area contributed by atoms with Crippen LogP contribution in [-0.4, -0.2) is 58.9 Å². The van der Waals surface area contributed by atoms with Gasteiger partial charge in [-0.05, 0) is 66.3 Å². The number of halogens is 1. The molecule has 3 heterocycles. The molecule has 2 aliphatic heterocycles. The maximum absolute atomic E-state index is 13.0. The highest BCUT2D eigenvalue weighted by molar-refractivity contribution is 14.1. The lowest BCUT2D eigenvalue weighted by molar-refractivity contribution is 0.0204. The van der Waals surface area contributed by atoms with Gasteiger partial charge < -0.3 is 24.4 Å². The van der Waals surface area contributed by atoms with Crippen molar-refractivity contribution in [2.24, 2.45) is 7.05 Å². The van der Waals surface area contributed by atoms with Crippen LogP contribution in [0.15, 0.2) is 42.6 Å². The molecule has 1 fully saturated rings. The third-order valence-electron chi connectivity index (χ3n) is 6.28. The van der Waals surface area contributed by atoms with Gasteiger partial charge in [-0.25, -0.2) is 0 Å². The van der Waals surface area contributed by atoms with E-state index in [1.54, 1.807) is 55.4 Å². The second kappa shape index (κ2) is 9.74. The Morgan fingerprint density at radius 1 is 1.22 bits per heavy atom. The number of hydrogen-bond acceptors (Lipinski definition) is 6. The molecule has 0 spiro atoms. The number of carbonyl (C=O) groups is 2. The van der Waals surface area contributed by atoms with Crippen LogP contribution in [0, 0.1) is 3.57 Å².